The lowest BCUT2D eigenvalue weighted by Crippen LogP contribution is -2.44. The van der Waals surface area contributed by atoms with Gasteiger partial charge in [0.1, 0.15) is 12.6 Å². The van der Waals surface area contributed by atoms with Gasteiger partial charge in [-0.1, -0.05) is 6.92 Å². The molecule has 0 aliphatic rings. The molecule has 0 saturated carbocycles. The second kappa shape index (κ2) is 8.46. The van der Waals surface area contributed by atoms with E-state index in [1.54, 1.807) is 13.8 Å². The molecule has 0 aromatic rings. The molecule has 0 bridgehead atoms. The van der Waals surface area contributed by atoms with Crippen molar-refractivity contribution in [2.75, 3.05) is 20.3 Å². The molecule has 1 amide bonds. The van der Waals surface area contributed by atoms with E-state index in [9.17, 15) is 14.4 Å². The fourth-order valence-corrected chi connectivity index (χ4v) is 1.32. The maximum atomic E-state index is 11.4. The highest BCUT2D eigenvalue weighted by Crippen LogP contribution is 2.09. The number of methoxy groups -OCH3 is 1. The highest BCUT2D eigenvalue weighted by molar-refractivity contribution is 5.84. The van der Waals surface area contributed by atoms with Crippen LogP contribution in [-0.2, 0) is 23.9 Å². The lowest BCUT2D eigenvalue weighted by Gasteiger charge is -2.17. The van der Waals surface area contributed by atoms with Gasteiger partial charge in [-0.25, -0.2) is 4.79 Å². The summed E-state index contributed by atoms with van der Waals surface area (Å²) in [5.74, 6) is -2.82. The minimum absolute atomic E-state index is 0.0242. The van der Waals surface area contributed by atoms with Crippen LogP contribution in [0.15, 0.2) is 0 Å². The van der Waals surface area contributed by atoms with Crippen LogP contribution in [0.25, 0.3) is 0 Å². The Morgan fingerprint density at radius 2 is 1.94 bits per heavy atom. The van der Waals surface area contributed by atoms with Crippen molar-refractivity contribution in [3.8, 4) is 0 Å². The molecule has 0 radical (unpaired) electrons. The number of amides is 1. The van der Waals surface area contributed by atoms with Crippen molar-refractivity contribution in [2.45, 2.75) is 26.3 Å². The van der Waals surface area contributed by atoms with Crippen LogP contribution in [0.1, 0.15) is 20.3 Å². The fourth-order valence-electron chi connectivity index (χ4n) is 1.32. The minimum atomic E-state index is -1.20. The van der Waals surface area contributed by atoms with Crippen LogP contribution in [0.3, 0.4) is 0 Å². The lowest BCUT2D eigenvalue weighted by molar-refractivity contribution is -0.149. The molecule has 0 spiro atoms. The van der Waals surface area contributed by atoms with E-state index in [4.69, 9.17) is 9.84 Å². The number of ether oxygens (including phenoxy) is 2. The van der Waals surface area contributed by atoms with Gasteiger partial charge in [0.25, 0.3) is 0 Å². The summed E-state index contributed by atoms with van der Waals surface area (Å²) < 4.78 is 9.35. The smallest absolute Gasteiger partial charge is 0.326 e. The molecule has 0 fully saturated rings. The molecule has 0 heterocycles. The summed E-state index contributed by atoms with van der Waals surface area (Å²) >= 11 is 0. The number of hydrogen-bond donors (Lipinski definition) is 2. The van der Waals surface area contributed by atoms with Gasteiger partial charge >= 0.3 is 11.9 Å². The molecule has 7 nitrogen and oxygen atoms in total. The van der Waals surface area contributed by atoms with Crippen LogP contribution in [0.4, 0.5) is 0 Å². The van der Waals surface area contributed by atoms with E-state index in [0.717, 1.165) is 0 Å². The van der Waals surface area contributed by atoms with E-state index in [1.165, 1.54) is 7.11 Å². The van der Waals surface area contributed by atoms with Crippen molar-refractivity contribution in [3.05, 3.63) is 0 Å². The van der Waals surface area contributed by atoms with Gasteiger partial charge in [0, 0.05) is 7.11 Å². The van der Waals surface area contributed by atoms with E-state index in [0.29, 0.717) is 0 Å². The van der Waals surface area contributed by atoms with Crippen molar-refractivity contribution >= 4 is 17.8 Å². The zero-order valence-electron chi connectivity index (χ0n) is 10.8. The van der Waals surface area contributed by atoms with E-state index >= 15 is 0 Å². The molecule has 0 saturated heterocycles. The first-order chi connectivity index (χ1) is 8.42. The van der Waals surface area contributed by atoms with Crippen molar-refractivity contribution in [3.63, 3.8) is 0 Å². The van der Waals surface area contributed by atoms with Gasteiger partial charge in [-0.15, -0.1) is 0 Å². The Balaban J connectivity index is 4.40. The second-order valence-corrected chi connectivity index (χ2v) is 3.78. The fraction of sp³-hybridized carbons (Fsp3) is 0.727. The van der Waals surface area contributed by atoms with Crippen LogP contribution in [0.2, 0.25) is 0 Å². The summed E-state index contributed by atoms with van der Waals surface area (Å²) in [6.45, 7) is 3.23. The molecule has 0 aromatic carbocycles. The van der Waals surface area contributed by atoms with Crippen molar-refractivity contribution in [1.29, 1.82) is 0 Å². The number of esters is 1. The number of hydrogen-bond acceptors (Lipinski definition) is 5. The molecule has 0 aliphatic carbocycles. The summed E-state index contributed by atoms with van der Waals surface area (Å²) in [6, 6.07) is -1.13. The van der Waals surface area contributed by atoms with Gasteiger partial charge in [-0.3, -0.25) is 9.59 Å². The number of carboxylic acid groups (broad SMARTS) is 1. The molecule has 104 valence electrons. The van der Waals surface area contributed by atoms with E-state index in [-0.39, 0.29) is 19.6 Å². The van der Waals surface area contributed by atoms with Crippen LogP contribution >= 0.6 is 0 Å². The van der Waals surface area contributed by atoms with E-state index < -0.39 is 29.8 Å². The van der Waals surface area contributed by atoms with Gasteiger partial charge in [0.2, 0.25) is 5.91 Å². The van der Waals surface area contributed by atoms with E-state index in [1.807, 2.05) is 0 Å². The topological polar surface area (TPSA) is 102 Å². The highest BCUT2D eigenvalue weighted by atomic mass is 16.5. The molecule has 0 unspecified atom stereocenters. The summed E-state index contributed by atoms with van der Waals surface area (Å²) in [4.78, 5) is 33.5. The largest absolute Gasteiger partial charge is 0.480 e. The van der Waals surface area contributed by atoms with E-state index in [2.05, 4.69) is 10.1 Å². The first-order valence-electron chi connectivity index (χ1n) is 5.60. The summed E-state index contributed by atoms with van der Waals surface area (Å²) in [5, 5.41) is 11.2. The predicted molar refractivity (Wildman–Crippen MR) is 61.9 cm³/mol. The summed E-state index contributed by atoms with van der Waals surface area (Å²) in [7, 11) is 1.33. The monoisotopic (exact) mass is 261 g/mol. The van der Waals surface area contributed by atoms with Crippen molar-refractivity contribution in [2.24, 2.45) is 5.92 Å². The lowest BCUT2D eigenvalue weighted by atomic mass is 10.0. The molecule has 2 N–H and O–H groups in total. The number of nitrogens with one attached hydrogen (secondary N) is 1. The molecular formula is C11H19NO6. The molecule has 2 atom stereocenters. The Labute approximate surface area is 105 Å². The highest BCUT2D eigenvalue weighted by Gasteiger charge is 2.26. The minimum Gasteiger partial charge on any atom is -0.480 e. The average Bonchev–Trinajstić information content (AvgIpc) is 2.28. The number of carboxylic acids is 1. The first-order valence-corrected chi connectivity index (χ1v) is 5.60. The average molecular weight is 261 g/mol. The number of carbonyl (C=O) groups excluding carboxylic acids is 2. The zero-order chi connectivity index (χ0) is 14.1. The Bertz CT molecular complexity index is 304. The third-order valence-electron chi connectivity index (χ3n) is 2.19. The molecule has 0 rings (SSSR count). The second-order valence-electron chi connectivity index (χ2n) is 3.78. The third kappa shape index (κ3) is 6.19. The third-order valence-corrected chi connectivity index (χ3v) is 2.19. The molecule has 0 aliphatic heterocycles. The Hall–Kier alpha value is -1.63. The SMILES string of the molecule is CCOC(=O)[C@@H](C)C[C@@H](NC(=O)COC)C(=O)O. The van der Waals surface area contributed by atoms with Crippen molar-refractivity contribution in [1.82, 2.24) is 5.32 Å². The maximum Gasteiger partial charge on any atom is 0.326 e. The first kappa shape index (κ1) is 16.4. The number of rotatable bonds is 8. The van der Waals surface area contributed by atoms with Gasteiger partial charge in [-0.2, -0.15) is 0 Å². The van der Waals surface area contributed by atoms with Gasteiger partial charge < -0.3 is 19.9 Å². The zero-order valence-corrected chi connectivity index (χ0v) is 10.8. The Morgan fingerprint density at radius 1 is 1.33 bits per heavy atom. The molecule has 7 heteroatoms. The quantitative estimate of drug-likeness (QED) is 0.586. The number of aliphatic carboxylic acids is 1. The number of carbonyl (C=O) groups is 3. The molecular weight excluding hydrogens is 242 g/mol. The van der Waals surface area contributed by atoms with Gasteiger partial charge in [0.05, 0.1) is 12.5 Å². The van der Waals surface area contributed by atoms with Crippen LogP contribution < -0.4 is 5.32 Å². The van der Waals surface area contributed by atoms with Crippen molar-refractivity contribution < 1.29 is 29.0 Å². The predicted octanol–water partition coefficient (Wildman–Crippen LogP) is -0.208. The molecule has 0 aromatic heterocycles. The Morgan fingerprint density at radius 3 is 2.39 bits per heavy atom. The maximum absolute atomic E-state index is 11.4. The summed E-state index contributed by atoms with van der Waals surface area (Å²) in [6.07, 6.45) is -0.0242. The summed E-state index contributed by atoms with van der Waals surface area (Å²) in [5.41, 5.74) is 0. The van der Waals surface area contributed by atoms with Gasteiger partial charge in [0.15, 0.2) is 0 Å². The van der Waals surface area contributed by atoms with Crippen LogP contribution in [0, 0.1) is 5.92 Å². The standard InChI is InChI=1S/C11H19NO6/c1-4-18-11(16)7(2)5-8(10(14)15)12-9(13)6-17-3/h7-8H,4-6H2,1-3H3,(H,12,13)(H,14,15)/t7-,8+/m0/s1. The molecule has 18 heavy (non-hydrogen) atoms. The van der Waals surface area contributed by atoms with Crippen LogP contribution in [-0.4, -0.2) is 49.3 Å². The Kier molecular flexibility index (Phi) is 7.69. The van der Waals surface area contributed by atoms with Gasteiger partial charge in [-0.05, 0) is 13.3 Å². The normalized spacial score (nSPS) is 13.5. The van der Waals surface area contributed by atoms with Crippen LogP contribution in [0.5, 0.6) is 0 Å².